The van der Waals surface area contributed by atoms with E-state index in [1.54, 1.807) is 4.68 Å². The van der Waals surface area contributed by atoms with Crippen molar-refractivity contribution in [3.05, 3.63) is 24.3 Å². The van der Waals surface area contributed by atoms with E-state index in [2.05, 4.69) is 15.6 Å². The van der Waals surface area contributed by atoms with Gasteiger partial charge in [-0.2, -0.15) is 0 Å². The number of benzene rings is 1. The summed E-state index contributed by atoms with van der Waals surface area (Å²) in [4.78, 5) is 12.2. The third-order valence-corrected chi connectivity index (χ3v) is 4.58. The topological polar surface area (TPSA) is 106 Å². The largest absolute Gasteiger partial charge is 0.388 e. The lowest BCUT2D eigenvalue weighted by atomic mass is 9.71. The Hall–Kier alpha value is -1.99. The lowest BCUT2D eigenvalue weighted by Gasteiger charge is -2.43. The zero-order valence-corrected chi connectivity index (χ0v) is 13.3. The van der Waals surface area contributed by atoms with E-state index >= 15 is 0 Å². The maximum atomic E-state index is 12.2. The first kappa shape index (κ1) is 15.9. The molecule has 0 spiro atoms. The molecule has 2 aromatic rings. The van der Waals surface area contributed by atoms with Gasteiger partial charge >= 0.3 is 0 Å². The fourth-order valence-electron chi connectivity index (χ4n) is 3.15. The molecule has 1 aliphatic carbocycles. The van der Waals surface area contributed by atoms with E-state index in [4.69, 9.17) is 5.73 Å². The number of nitrogens with zero attached hydrogens (tertiary/aromatic N) is 3. The summed E-state index contributed by atoms with van der Waals surface area (Å²) in [5.74, 6) is 0.0270. The van der Waals surface area contributed by atoms with E-state index in [0.29, 0.717) is 31.8 Å². The summed E-state index contributed by atoms with van der Waals surface area (Å²) in [5, 5.41) is 21.3. The van der Waals surface area contributed by atoms with Crippen LogP contribution in [-0.4, -0.2) is 44.7 Å². The highest BCUT2D eigenvalue weighted by Crippen LogP contribution is 2.36. The lowest BCUT2D eigenvalue weighted by Crippen LogP contribution is -2.54. The summed E-state index contributed by atoms with van der Waals surface area (Å²) >= 11 is 0. The average Bonchev–Trinajstić information content (AvgIpc) is 2.93. The van der Waals surface area contributed by atoms with Crippen molar-refractivity contribution in [3.63, 3.8) is 0 Å². The van der Waals surface area contributed by atoms with E-state index in [0.717, 1.165) is 11.0 Å². The predicted octanol–water partition coefficient (Wildman–Crippen LogP) is 0.283. The molecule has 4 N–H and O–H groups in total. The van der Waals surface area contributed by atoms with Gasteiger partial charge in [0.15, 0.2) is 0 Å². The van der Waals surface area contributed by atoms with Gasteiger partial charge in [0, 0.05) is 6.54 Å². The molecule has 23 heavy (non-hydrogen) atoms. The monoisotopic (exact) mass is 317 g/mol. The highest BCUT2D eigenvalue weighted by atomic mass is 16.3. The Labute approximate surface area is 134 Å². The molecule has 3 rings (SSSR count). The molecule has 1 heterocycles. The summed E-state index contributed by atoms with van der Waals surface area (Å²) < 4.78 is 1.74. The summed E-state index contributed by atoms with van der Waals surface area (Å²) in [6.45, 7) is 3.17. The molecular weight excluding hydrogens is 294 g/mol. The molecule has 0 radical (unpaired) electrons. The van der Waals surface area contributed by atoms with E-state index in [-0.39, 0.29) is 18.4 Å². The molecule has 0 aliphatic heterocycles. The van der Waals surface area contributed by atoms with E-state index < -0.39 is 5.60 Å². The van der Waals surface area contributed by atoms with Gasteiger partial charge in [-0.15, -0.1) is 5.10 Å². The van der Waals surface area contributed by atoms with Crippen LogP contribution in [0.2, 0.25) is 0 Å². The molecule has 1 saturated carbocycles. The standard InChI is InChI=1S/C16H23N5O2/c1-11(9-21-14-5-3-2-4-13(14)19-20-21)15(22)18-10-16(23)6-12(7-16)8-17/h2-5,11-12,23H,6-10,17H2,1H3,(H,18,22). The minimum absolute atomic E-state index is 0.0887. The SMILES string of the molecule is CC(Cn1nnc2ccccc21)C(=O)NCC1(O)CC(CN)C1. The second kappa shape index (κ2) is 6.25. The van der Waals surface area contributed by atoms with Gasteiger partial charge in [0.1, 0.15) is 5.52 Å². The first-order chi connectivity index (χ1) is 11.0. The number of hydrogen-bond acceptors (Lipinski definition) is 5. The zero-order chi connectivity index (χ0) is 16.4. The molecule has 0 bridgehead atoms. The van der Waals surface area contributed by atoms with E-state index in [1.165, 1.54) is 0 Å². The van der Waals surface area contributed by atoms with Crippen LogP contribution in [-0.2, 0) is 11.3 Å². The minimum Gasteiger partial charge on any atom is -0.388 e. The summed E-state index contributed by atoms with van der Waals surface area (Å²) in [7, 11) is 0. The van der Waals surface area contributed by atoms with Crippen molar-refractivity contribution in [2.24, 2.45) is 17.6 Å². The third-order valence-electron chi connectivity index (χ3n) is 4.58. The van der Waals surface area contributed by atoms with Crippen molar-refractivity contribution in [1.29, 1.82) is 0 Å². The number of nitrogens with two attached hydrogens (primary N) is 1. The zero-order valence-electron chi connectivity index (χ0n) is 13.3. The van der Waals surface area contributed by atoms with Crippen LogP contribution in [0.1, 0.15) is 19.8 Å². The molecule has 1 aromatic carbocycles. The summed E-state index contributed by atoms with van der Waals surface area (Å²) in [6.07, 6.45) is 1.32. The molecule has 1 unspecified atom stereocenters. The number of nitrogens with one attached hydrogen (secondary N) is 1. The maximum absolute atomic E-state index is 12.2. The van der Waals surface area contributed by atoms with E-state index in [9.17, 15) is 9.90 Å². The molecule has 1 fully saturated rings. The molecule has 0 saturated heterocycles. The highest BCUT2D eigenvalue weighted by Gasteiger charge is 2.41. The van der Waals surface area contributed by atoms with Gasteiger partial charge in [0.05, 0.1) is 23.6 Å². The second-order valence-electron chi connectivity index (χ2n) is 6.61. The summed E-state index contributed by atoms with van der Waals surface area (Å²) in [6, 6.07) is 7.66. The fraction of sp³-hybridized carbons (Fsp3) is 0.562. The highest BCUT2D eigenvalue weighted by molar-refractivity contribution is 5.79. The number of fused-ring (bicyclic) bond motifs is 1. The average molecular weight is 317 g/mol. The summed E-state index contributed by atoms with van der Waals surface area (Å²) in [5.41, 5.74) is 6.50. The molecular formula is C16H23N5O2. The van der Waals surface area contributed by atoms with Crippen molar-refractivity contribution in [2.75, 3.05) is 13.1 Å². The Kier molecular flexibility index (Phi) is 4.32. The van der Waals surface area contributed by atoms with Gasteiger partial charge in [-0.05, 0) is 37.4 Å². The molecule has 7 nitrogen and oxygen atoms in total. The number of rotatable bonds is 6. The Morgan fingerprint density at radius 2 is 2.26 bits per heavy atom. The van der Waals surface area contributed by atoms with Gasteiger partial charge in [-0.3, -0.25) is 4.79 Å². The fourth-order valence-corrected chi connectivity index (χ4v) is 3.15. The third kappa shape index (κ3) is 3.35. The van der Waals surface area contributed by atoms with Crippen molar-refractivity contribution in [2.45, 2.75) is 31.9 Å². The van der Waals surface area contributed by atoms with E-state index in [1.807, 2.05) is 31.2 Å². The Bertz CT molecular complexity index is 693. The van der Waals surface area contributed by atoms with Crippen molar-refractivity contribution in [1.82, 2.24) is 20.3 Å². The molecule has 1 aliphatic rings. The first-order valence-corrected chi connectivity index (χ1v) is 7.99. The van der Waals surface area contributed by atoms with Crippen LogP contribution in [0.3, 0.4) is 0 Å². The van der Waals surface area contributed by atoms with Crippen LogP contribution in [0.15, 0.2) is 24.3 Å². The lowest BCUT2D eigenvalue weighted by molar-refractivity contribution is -0.128. The predicted molar refractivity (Wildman–Crippen MR) is 86.4 cm³/mol. The number of carbonyl (C=O) groups excluding carboxylic acids is 1. The smallest absolute Gasteiger partial charge is 0.224 e. The first-order valence-electron chi connectivity index (χ1n) is 7.99. The van der Waals surface area contributed by atoms with Gasteiger partial charge in [0.2, 0.25) is 5.91 Å². The number of aromatic nitrogens is 3. The van der Waals surface area contributed by atoms with Crippen LogP contribution in [0.4, 0.5) is 0 Å². The normalized spacial score (nSPS) is 25.1. The van der Waals surface area contributed by atoms with Crippen molar-refractivity contribution >= 4 is 16.9 Å². The minimum atomic E-state index is -0.792. The maximum Gasteiger partial charge on any atom is 0.224 e. The number of aliphatic hydroxyl groups is 1. The Balaban J connectivity index is 1.54. The van der Waals surface area contributed by atoms with Crippen LogP contribution < -0.4 is 11.1 Å². The molecule has 124 valence electrons. The Morgan fingerprint density at radius 3 is 3.00 bits per heavy atom. The van der Waals surface area contributed by atoms with Crippen molar-refractivity contribution in [3.8, 4) is 0 Å². The van der Waals surface area contributed by atoms with Gasteiger partial charge in [-0.25, -0.2) is 4.68 Å². The quantitative estimate of drug-likeness (QED) is 0.710. The number of carbonyl (C=O) groups is 1. The molecule has 7 heteroatoms. The molecule has 1 aromatic heterocycles. The van der Waals surface area contributed by atoms with Crippen LogP contribution >= 0.6 is 0 Å². The second-order valence-corrected chi connectivity index (χ2v) is 6.61. The molecule has 1 amide bonds. The van der Waals surface area contributed by atoms with Gasteiger partial charge < -0.3 is 16.2 Å². The van der Waals surface area contributed by atoms with Crippen LogP contribution in [0.5, 0.6) is 0 Å². The molecule has 1 atom stereocenters. The number of hydrogen-bond donors (Lipinski definition) is 3. The number of para-hydroxylation sites is 1. The number of amides is 1. The van der Waals surface area contributed by atoms with Crippen LogP contribution in [0.25, 0.3) is 11.0 Å². The van der Waals surface area contributed by atoms with Crippen LogP contribution in [0, 0.1) is 11.8 Å². The Morgan fingerprint density at radius 1 is 1.52 bits per heavy atom. The van der Waals surface area contributed by atoms with Gasteiger partial charge in [0.25, 0.3) is 0 Å². The van der Waals surface area contributed by atoms with Gasteiger partial charge in [-0.1, -0.05) is 24.3 Å². The van der Waals surface area contributed by atoms with Crippen molar-refractivity contribution < 1.29 is 9.90 Å².